The van der Waals surface area contributed by atoms with Gasteiger partial charge in [0.1, 0.15) is 5.75 Å². The third-order valence-electron chi connectivity index (χ3n) is 5.04. The van der Waals surface area contributed by atoms with E-state index >= 15 is 0 Å². The molecule has 1 atom stereocenters. The predicted octanol–water partition coefficient (Wildman–Crippen LogP) is 6.25. The molecule has 4 rings (SSSR count). The van der Waals surface area contributed by atoms with Crippen molar-refractivity contribution in [2.45, 2.75) is 12.6 Å². The molecule has 1 N–H and O–H groups in total. The van der Waals surface area contributed by atoms with Gasteiger partial charge in [0, 0.05) is 11.2 Å². The standard InChI is InChI=1S/C26H23OP/c1-20(22-17-18-26(27)25(19-22)21-11-5-2-6-12-21)28(23-13-7-3-8-14-23)24-15-9-4-10-16-24/h2-20,27H,1H3. The van der Waals surface area contributed by atoms with Gasteiger partial charge in [0.15, 0.2) is 0 Å². The van der Waals surface area contributed by atoms with E-state index in [-0.39, 0.29) is 0 Å². The van der Waals surface area contributed by atoms with Crippen molar-refractivity contribution in [3.8, 4) is 16.9 Å². The van der Waals surface area contributed by atoms with Gasteiger partial charge in [-0.1, -0.05) is 104 Å². The smallest absolute Gasteiger partial charge is 0.123 e. The Morgan fingerprint density at radius 3 is 1.68 bits per heavy atom. The average Bonchev–Trinajstić information content (AvgIpc) is 2.76. The van der Waals surface area contributed by atoms with Gasteiger partial charge in [-0.05, 0) is 41.8 Å². The summed E-state index contributed by atoms with van der Waals surface area (Å²) >= 11 is 0. The first kappa shape index (κ1) is 18.5. The molecule has 2 heteroatoms. The van der Waals surface area contributed by atoms with Gasteiger partial charge in [0.2, 0.25) is 0 Å². The zero-order valence-corrected chi connectivity index (χ0v) is 16.8. The van der Waals surface area contributed by atoms with E-state index in [2.05, 4.69) is 79.7 Å². The molecule has 0 aliphatic heterocycles. The fraction of sp³-hybridized carbons (Fsp3) is 0.0769. The number of rotatable bonds is 5. The Morgan fingerprint density at radius 2 is 1.14 bits per heavy atom. The van der Waals surface area contributed by atoms with Crippen LogP contribution in [-0.4, -0.2) is 5.11 Å². The van der Waals surface area contributed by atoms with E-state index < -0.39 is 7.92 Å². The lowest BCUT2D eigenvalue weighted by atomic mass is 10.0. The van der Waals surface area contributed by atoms with Crippen LogP contribution in [0.5, 0.6) is 5.75 Å². The van der Waals surface area contributed by atoms with Crippen LogP contribution in [0.4, 0.5) is 0 Å². The number of benzene rings is 4. The van der Waals surface area contributed by atoms with E-state index in [1.165, 1.54) is 16.2 Å². The summed E-state index contributed by atoms with van der Waals surface area (Å²) in [6.07, 6.45) is 0. The van der Waals surface area contributed by atoms with Crippen LogP contribution in [0.2, 0.25) is 0 Å². The molecule has 0 saturated heterocycles. The molecule has 138 valence electrons. The van der Waals surface area contributed by atoms with E-state index in [9.17, 15) is 5.11 Å². The number of phenolic OH excluding ortho intramolecular Hbond substituents is 1. The van der Waals surface area contributed by atoms with E-state index in [4.69, 9.17) is 0 Å². The summed E-state index contributed by atoms with van der Waals surface area (Å²) in [5, 5.41) is 13.2. The Labute approximate surface area is 168 Å². The fourth-order valence-corrected chi connectivity index (χ4v) is 6.22. The first-order valence-electron chi connectivity index (χ1n) is 9.52. The average molecular weight is 382 g/mol. The minimum atomic E-state index is -0.561. The summed E-state index contributed by atoms with van der Waals surface area (Å²) in [6, 6.07) is 37.7. The highest BCUT2D eigenvalue weighted by Gasteiger charge is 2.23. The van der Waals surface area contributed by atoms with Gasteiger partial charge in [-0.15, -0.1) is 0 Å². The monoisotopic (exact) mass is 382 g/mol. The SMILES string of the molecule is CC(c1ccc(O)c(-c2ccccc2)c1)P(c1ccccc1)c1ccccc1. The van der Waals surface area contributed by atoms with Gasteiger partial charge in [-0.25, -0.2) is 0 Å². The van der Waals surface area contributed by atoms with Crippen molar-refractivity contribution in [3.05, 3.63) is 115 Å². The molecule has 0 heterocycles. The van der Waals surface area contributed by atoms with Crippen molar-refractivity contribution in [3.63, 3.8) is 0 Å². The molecule has 0 fully saturated rings. The Morgan fingerprint density at radius 1 is 0.643 bits per heavy atom. The second-order valence-corrected chi connectivity index (χ2v) is 9.41. The molecule has 0 amide bonds. The van der Waals surface area contributed by atoms with Crippen molar-refractivity contribution >= 4 is 18.5 Å². The van der Waals surface area contributed by atoms with E-state index in [0.717, 1.165) is 11.1 Å². The van der Waals surface area contributed by atoms with Crippen molar-refractivity contribution in [1.29, 1.82) is 0 Å². The number of aromatic hydroxyl groups is 1. The summed E-state index contributed by atoms with van der Waals surface area (Å²) in [6.45, 7) is 2.30. The normalized spacial score (nSPS) is 12.1. The topological polar surface area (TPSA) is 20.2 Å². The quantitative estimate of drug-likeness (QED) is 0.404. The largest absolute Gasteiger partial charge is 0.507 e. The molecule has 4 aromatic rings. The molecule has 28 heavy (non-hydrogen) atoms. The van der Waals surface area contributed by atoms with Gasteiger partial charge in [0.05, 0.1) is 0 Å². The van der Waals surface area contributed by atoms with Crippen molar-refractivity contribution in [2.24, 2.45) is 0 Å². The minimum Gasteiger partial charge on any atom is -0.507 e. The lowest BCUT2D eigenvalue weighted by Crippen LogP contribution is -2.15. The van der Waals surface area contributed by atoms with Crippen LogP contribution in [0.25, 0.3) is 11.1 Å². The highest BCUT2D eigenvalue weighted by Crippen LogP contribution is 2.50. The van der Waals surface area contributed by atoms with Gasteiger partial charge >= 0.3 is 0 Å². The second-order valence-electron chi connectivity index (χ2n) is 6.86. The van der Waals surface area contributed by atoms with Crippen LogP contribution >= 0.6 is 7.92 Å². The first-order chi connectivity index (χ1) is 13.7. The second kappa shape index (κ2) is 8.42. The summed E-state index contributed by atoms with van der Waals surface area (Å²) in [5.41, 5.74) is 3.50. The van der Waals surface area contributed by atoms with Crippen LogP contribution < -0.4 is 10.6 Å². The maximum Gasteiger partial charge on any atom is 0.123 e. The van der Waals surface area contributed by atoms with Crippen LogP contribution in [-0.2, 0) is 0 Å². The number of phenols is 1. The Kier molecular flexibility index (Phi) is 5.55. The van der Waals surface area contributed by atoms with E-state index in [1.54, 1.807) is 0 Å². The van der Waals surface area contributed by atoms with Gasteiger partial charge in [0.25, 0.3) is 0 Å². The van der Waals surface area contributed by atoms with E-state index in [1.807, 2.05) is 36.4 Å². The van der Waals surface area contributed by atoms with Crippen molar-refractivity contribution < 1.29 is 5.11 Å². The van der Waals surface area contributed by atoms with Crippen LogP contribution in [0.15, 0.2) is 109 Å². The van der Waals surface area contributed by atoms with Crippen LogP contribution in [0, 0.1) is 0 Å². The molecule has 0 aromatic heterocycles. The molecule has 1 nitrogen and oxygen atoms in total. The Bertz CT molecular complexity index is 990. The van der Waals surface area contributed by atoms with Gasteiger partial charge in [-0.3, -0.25) is 0 Å². The van der Waals surface area contributed by atoms with Gasteiger partial charge < -0.3 is 5.11 Å². The summed E-state index contributed by atoms with van der Waals surface area (Å²) < 4.78 is 0. The maximum absolute atomic E-state index is 10.4. The predicted molar refractivity (Wildman–Crippen MR) is 121 cm³/mol. The molecular formula is C26H23OP. The molecule has 0 bridgehead atoms. The molecule has 4 aromatic carbocycles. The Hall–Kier alpha value is -2.89. The third kappa shape index (κ3) is 3.86. The van der Waals surface area contributed by atoms with Crippen molar-refractivity contribution in [1.82, 2.24) is 0 Å². The Balaban J connectivity index is 1.79. The summed E-state index contributed by atoms with van der Waals surface area (Å²) in [4.78, 5) is 0. The molecule has 0 aliphatic rings. The highest BCUT2D eigenvalue weighted by molar-refractivity contribution is 7.73. The first-order valence-corrected chi connectivity index (χ1v) is 10.9. The molecule has 0 saturated carbocycles. The molecule has 0 aliphatic carbocycles. The fourth-order valence-electron chi connectivity index (χ4n) is 3.58. The maximum atomic E-state index is 10.4. The van der Waals surface area contributed by atoms with E-state index in [0.29, 0.717) is 11.4 Å². The molecular weight excluding hydrogens is 359 g/mol. The molecule has 1 unspecified atom stereocenters. The minimum absolute atomic E-state index is 0.322. The molecule has 0 spiro atoms. The number of hydrogen-bond acceptors (Lipinski definition) is 1. The van der Waals surface area contributed by atoms with Crippen molar-refractivity contribution in [2.75, 3.05) is 0 Å². The van der Waals surface area contributed by atoms with Crippen LogP contribution in [0.1, 0.15) is 18.1 Å². The summed E-state index contributed by atoms with van der Waals surface area (Å²) in [7, 11) is -0.561. The zero-order chi connectivity index (χ0) is 19.3. The lowest BCUT2D eigenvalue weighted by molar-refractivity contribution is 0.477. The molecule has 0 radical (unpaired) electrons. The highest BCUT2D eigenvalue weighted by atomic mass is 31.1. The van der Waals surface area contributed by atoms with Gasteiger partial charge in [-0.2, -0.15) is 0 Å². The summed E-state index contributed by atoms with van der Waals surface area (Å²) in [5.74, 6) is 0.325. The third-order valence-corrected chi connectivity index (χ3v) is 7.83. The zero-order valence-electron chi connectivity index (χ0n) is 15.9. The van der Waals surface area contributed by atoms with Crippen LogP contribution in [0.3, 0.4) is 0 Å². The number of hydrogen-bond donors (Lipinski definition) is 1. The lowest BCUT2D eigenvalue weighted by Gasteiger charge is -2.26.